The summed E-state index contributed by atoms with van der Waals surface area (Å²) in [6.07, 6.45) is 1.95. The van der Waals surface area contributed by atoms with E-state index in [-0.39, 0.29) is 18.4 Å². The molecule has 0 unspecified atom stereocenters. The van der Waals surface area contributed by atoms with Gasteiger partial charge in [0, 0.05) is 0 Å². The van der Waals surface area contributed by atoms with Crippen molar-refractivity contribution in [2.45, 2.75) is 39.8 Å². The van der Waals surface area contributed by atoms with Crippen LogP contribution in [0.1, 0.15) is 37.0 Å². The van der Waals surface area contributed by atoms with E-state index >= 15 is 0 Å². The quantitative estimate of drug-likeness (QED) is 0.203. The number of halogens is 1. The highest BCUT2D eigenvalue weighted by Crippen LogP contribution is 2.36. The highest BCUT2D eigenvalue weighted by molar-refractivity contribution is 9.10. The Morgan fingerprint density at radius 3 is 2.41 bits per heavy atom. The minimum atomic E-state index is -0.759. The number of benzene rings is 3. The summed E-state index contributed by atoms with van der Waals surface area (Å²) in [5.41, 5.74) is 5.17. The average Bonchev–Trinajstić information content (AvgIpc) is 2.91. The van der Waals surface area contributed by atoms with Gasteiger partial charge in [-0.15, -0.1) is 0 Å². The van der Waals surface area contributed by atoms with Gasteiger partial charge in [0.25, 0.3) is 11.8 Å². The Morgan fingerprint density at radius 1 is 1.00 bits per heavy atom. The van der Waals surface area contributed by atoms with E-state index in [0.717, 1.165) is 11.1 Å². The van der Waals surface area contributed by atoms with E-state index in [1.165, 1.54) is 6.21 Å². The van der Waals surface area contributed by atoms with Gasteiger partial charge < -0.3 is 19.5 Å². The molecule has 0 fully saturated rings. The fourth-order valence-electron chi connectivity index (χ4n) is 3.73. The van der Waals surface area contributed by atoms with Crippen molar-refractivity contribution in [1.29, 1.82) is 0 Å². The number of nitrogens with one attached hydrogen (secondary N) is 2. The van der Waals surface area contributed by atoms with E-state index < -0.39 is 11.9 Å². The summed E-state index contributed by atoms with van der Waals surface area (Å²) in [5, 5.41) is 6.85. The van der Waals surface area contributed by atoms with Crippen LogP contribution in [0, 0.1) is 12.8 Å². The van der Waals surface area contributed by atoms with Crippen molar-refractivity contribution in [3.63, 3.8) is 0 Å². The number of hydrazone groups is 1. The second-order valence-electron chi connectivity index (χ2n) is 9.35. The Bertz CT molecular complexity index is 1280. The van der Waals surface area contributed by atoms with Gasteiger partial charge in [-0.05, 0) is 70.1 Å². The second kappa shape index (κ2) is 14.9. The number of hydrogen-bond donors (Lipinski definition) is 2. The zero-order valence-corrected chi connectivity index (χ0v) is 24.2. The SMILES string of the molecule is COc1cc(/C=N\NC(=O)[C@@H](CC(C)C)NC(=O)COc2ccccc2C)cc(Br)c1OCc1ccccc1. The van der Waals surface area contributed by atoms with E-state index in [4.69, 9.17) is 14.2 Å². The van der Waals surface area contributed by atoms with Crippen LogP contribution in [0.25, 0.3) is 0 Å². The molecule has 0 aromatic heterocycles. The third-order valence-electron chi connectivity index (χ3n) is 5.68. The highest BCUT2D eigenvalue weighted by Gasteiger charge is 2.22. The number of amides is 2. The number of carbonyl (C=O) groups is 2. The van der Waals surface area contributed by atoms with Crippen LogP contribution in [0.4, 0.5) is 0 Å². The van der Waals surface area contributed by atoms with Gasteiger partial charge in [0.1, 0.15) is 18.4 Å². The molecule has 0 saturated heterocycles. The Balaban J connectivity index is 1.60. The molecular weight excluding hydrogens is 562 g/mol. The molecule has 2 N–H and O–H groups in total. The van der Waals surface area contributed by atoms with Crippen LogP contribution >= 0.6 is 15.9 Å². The van der Waals surface area contributed by atoms with Crippen molar-refractivity contribution in [3.8, 4) is 17.2 Å². The molecule has 0 saturated carbocycles. The van der Waals surface area contributed by atoms with Gasteiger partial charge >= 0.3 is 0 Å². The molecule has 2 amide bonds. The lowest BCUT2D eigenvalue weighted by Gasteiger charge is -2.19. The predicted molar refractivity (Wildman–Crippen MR) is 155 cm³/mol. The lowest BCUT2D eigenvalue weighted by Crippen LogP contribution is -2.47. The van der Waals surface area contributed by atoms with Crippen LogP contribution in [0.2, 0.25) is 0 Å². The number of ether oxygens (including phenoxy) is 3. The summed E-state index contributed by atoms with van der Waals surface area (Å²) in [6.45, 7) is 6.05. The fraction of sp³-hybridized carbons (Fsp3) is 0.300. The average molecular weight is 597 g/mol. The van der Waals surface area contributed by atoms with E-state index in [0.29, 0.717) is 40.3 Å². The lowest BCUT2D eigenvalue weighted by molar-refractivity contribution is -0.130. The first-order valence-corrected chi connectivity index (χ1v) is 13.4. The van der Waals surface area contributed by atoms with E-state index in [9.17, 15) is 9.59 Å². The molecule has 0 bridgehead atoms. The van der Waals surface area contributed by atoms with Gasteiger partial charge in [0.05, 0.1) is 17.8 Å². The minimum absolute atomic E-state index is 0.172. The van der Waals surface area contributed by atoms with Crippen molar-refractivity contribution < 1.29 is 23.8 Å². The van der Waals surface area contributed by atoms with E-state index in [1.807, 2.05) is 75.4 Å². The minimum Gasteiger partial charge on any atom is -0.493 e. The maximum absolute atomic E-state index is 12.9. The number of carbonyl (C=O) groups excluding carboxylic acids is 2. The van der Waals surface area contributed by atoms with Gasteiger partial charge in [-0.1, -0.05) is 62.4 Å². The monoisotopic (exact) mass is 595 g/mol. The molecule has 8 nitrogen and oxygen atoms in total. The first-order chi connectivity index (χ1) is 18.8. The van der Waals surface area contributed by atoms with Crippen LogP contribution in [0.5, 0.6) is 17.2 Å². The van der Waals surface area contributed by atoms with Crippen LogP contribution in [-0.4, -0.2) is 37.8 Å². The molecule has 0 spiro atoms. The fourth-order valence-corrected chi connectivity index (χ4v) is 4.31. The maximum atomic E-state index is 12.9. The first kappa shape index (κ1) is 29.7. The van der Waals surface area contributed by atoms with Crippen LogP contribution < -0.4 is 25.0 Å². The molecule has 9 heteroatoms. The molecule has 206 valence electrons. The number of nitrogens with zero attached hydrogens (tertiary/aromatic N) is 1. The molecule has 0 aliphatic rings. The Morgan fingerprint density at radius 2 is 1.72 bits per heavy atom. The van der Waals surface area contributed by atoms with Crippen molar-refractivity contribution in [3.05, 3.63) is 87.9 Å². The van der Waals surface area contributed by atoms with Gasteiger partial charge in [0.15, 0.2) is 18.1 Å². The predicted octanol–water partition coefficient (Wildman–Crippen LogP) is 5.41. The molecule has 3 aromatic rings. The van der Waals surface area contributed by atoms with Crippen molar-refractivity contribution in [1.82, 2.24) is 10.7 Å². The van der Waals surface area contributed by atoms with Crippen molar-refractivity contribution in [2.24, 2.45) is 11.0 Å². The van der Waals surface area contributed by atoms with Crippen LogP contribution in [0.3, 0.4) is 0 Å². The summed E-state index contributed by atoms with van der Waals surface area (Å²) in [5.74, 6) is 1.08. The molecule has 0 heterocycles. The van der Waals surface area contributed by atoms with Gasteiger partial charge in [-0.2, -0.15) is 5.10 Å². The summed E-state index contributed by atoms with van der Waals surface area (Å²) >= 11 is 3.53. The topological polar surface area (TPSA) is 98.2 Å². The Kier molecular flexibility index (Phi) is 11.4. The molecule has 0 aliphatic carbocycles. The van der Waals surface area contributed by atoms with E-state index in [1.54, 1.807) is 19.2 Å². The molecule has 39 heavy (non-hydrogen) atoms. The number of rotatable bonds is 13. The van der Waals surface area contributed by atoms with Crippen LogP contribution in [-0.2, 0) is 16.2 Å². The van der Waals surface area contributed by atoms with Crippen molar-refractivity contribution in [2.75, 3.05) is 13.7 Å². The van der Waals surface area contributed by atoms with Crippen LogP contribution in [0.15, 0.2) is 76.3 Å². The smallest absolute Gasteiger partial charge is 0.262 e. The number of hydrogen-bond acceptors (Lipinski definition) is 6. The Hall–Kier alpha value is -3.85. The highest BCUT2D eigenvalue weighted by atomic mass is 79.9. The summed E-state index contributed by atoms with van der Waals surface area (Å²) in [4.78, 5) is 25.4. The first-order valence-electron chi connectivity index (χ1n) is 12.6. The molecule has 0 radical (unpaired) electrons. The molecular formula is C30H34BrN3O5. The van der Waals surface area contributed by atoms with Gasteiger partial charge in [-0.25, -0.2) is 5.43 Å². The number of methoxy groups -OCH3 is 1. The normalized spacial score (nSPS) is 11.7. The third kappa shape index (κ3) is 9.44. The van der Waals surface area contributed by atoms with E-state index in [2.05, 4.69) is 31.8 Å². The molecule has 3 rings (SSSR count). The zero-order chi connectivity index (χ0) is 28.2. The summed E-state index contributed by atoms with van der Waals surface area (Å²) < 4.78 is 17.8. The standard InChI is InChI=1S/C30H34BrN3O5/c1-20(2)14-25(33-28(35)19-38-26-13-9-8-10-21(26)3)30(36)34-32-17-23-15-24(31)29(27(16-23)37-4)39-18-22-11-6-5-7-12-22/h5-13,15-17,20,25H,14,18-19H2,1-4H3,(H,33,35)(H,34,36)/b32-17-/t25-/m1/s1. The Labute approximate surface area is 237 Å². The number of para-hydroxylation sites is 1. The summed E-state index contributed by atoms with van der Waals surface area (Å²) in [7, 11) is 1.56. The maximum Gasteiger partial charge on any atom is 0.262 e. The summed E-state index contributed by atoms with van der Waals surface area (Å²) in [6, 6.07) is 20.1. The third-order valence-corrected chi connectivity index (χ3v) is 6.27. The second-order valence-corrected chi connectivity index (χ2v) is 10.2. The zero-order valence-electron chi connectivity index (χ0n) is 22.6. The molecule has 1 atom stereocenters. The molecule has 3 aromatic carbocycles. The van der Waals surface area contributed by atoms with Gasteiger partial charge in [0.2, 0.25) is 0 Å². The van der Waals surface area contributed by atoms with Crippen molar-refractivity contribution >= 4 is 34.0 Å². The largest absolute Gasteiger partial charge is 0.493 e. The van der Waals surface area contributed by atoms with Gasteiger partial charge in [-0.3, -0.25) is 9.59 Å². The molecule has 0 aliphatic heterocycles. The number of aryl methyl sites for hydroxylation is 1. The lowest BCUT2D eigenvalue weighted by atomic mass is 10.0.